The van der Waals surface area contributed by atoms with Gasteiger partial charge in [-0.25, -0.2) is 0 Å². The molecular formula is C9H12N2OS. The fraction of sp³-hybridized carbons (Fsp3) is 0.556. The Bertz CT molecular complexity index is 272. The third-order valence-corrected chi connectivity index (χ3v) is 3.12. The lowest BCUT2D eigenvalue weighted by atomic mass is 10.1. The predicted octanol–water partition coefficient (Wildman–Crippen LogP) is 1.41. The van der Waals surface area contributed by atoms with E-state index in [-0.39, 0.29) is 5.25 Å². The number of rotatable bonds is 4. The van der Waals surface area contributed by atoms with Crippen molar-refractivity contribution >= 4 is 18.0 Å². The Kier molecular flexibility index (Phi) is 3.38. The van der Waals surface area contributed by atoms with Gasteiger partial charge in [-0.05, 0) is 37.4 Å². The van der Waals surface area contributed by atoms with E-state index < -0.39 is 0 Å². The summed E-state index contributed by atoms with van der Waals surface area (Å²) in [5.74, 6) is 0.475. The molecule has 0 bridgehead atoms. The second-order valence-electron chi connectivity index (χ2n) is 3.22. The average molecular weight is 196 g/mol. The quantitative estimate of drug-likeness (QED) is 0.419. The predicted molar refractivity (Wildman–Crippen MR) is 52.7 cm³/mol. The number of hydrogen-bond donors (Lipinski definition) is 1. The highest BCUT2D eigenvalue weighted by Crippen LogP contribution is 2.42. The molecule has 1 aliphatic carbocycles. The molecule has 0 aromatic heterocycles. The number of carbonyl (C=O) groups excluding carboxylic acids is 1. The number of allylic oxidation sites excluding steroid dienone is 1. The topological polar surface area (TPSA) is 66.9 Å². The second kappa shape index (κ2) is 4.33. The zero-order valence-electron chi connectivity index (χ0n) is 7.49. The van der Waals surface area contributed by atoms with Gasteiger partial charge in [0, 0.05) is 11.3 Å². The van der Waals surface area contributed by atoms with E-state index in [0.29, 0.717) is 17.2 Å². The minimum Gasteiger partial charge on any atom is -0.402 e. The molecule has 70 valence electrons. The van der Waals surface area contributed by atoms with Crippen molar-refractivity contribution in [3.63, 3.8) is 0 Å². The molecule has 3 nitrogen and oxygen atoms in total. The zero-order chi connectivity index (χ0) is 9.84. The van der Waals surface area contributed by atoms with Gasteiger partial charge >= 0.3 is 0 Å². The maximum atomic E-state index is 10.7. The van der Waals surface area contributed by atoms with Crippen LogP contribution in [0.15, 0.2) is 11.3 Å². The molecule has 1 rings (SSSR count). The van der Waals surface area contributed by atoms with E-state index >= 15 is 0 Å². The molecule has 0 aromatic carbocycles. The van der Waals surface area contributed by atoms with Gasteiger partial charge in [-0.3, -0.25) is 4.79 Å². The highest BCUT2D eigenvalue weighted by molar-refractivity contribution is 8.04. The number of nitrogens with two attached hydrogens (primary N) is 1. The van der Waals surface area contributed by atoms with Crippen molar-refractivity contribution in [1.29, 1.82) is 5.26 Å². The summed E-state index contributed by atoms with van der Waals surface area (Å²) in [6.07, 6.45) is 2.98. The smallest absolute Gasteiger partial charge is 0.148 e. The Hall–Kier alpha value is -0.950. The van der Waals surface area contributed by atoms with Crippen LogP contribution in [0, 0.1) is 16.6 Å². The van der Waals surface area contributed by atoms with Gasteiger partial charge < -0.3 is 5.73 Å². The summed E-state index contributed by atoms with van der Waals surface area (Å²) in [5, 5.41) is 10.6. The highest BCUT2D eigenvalue weighted by Gasteiger charge is 2.34. The molecule has 1 atom stereocenters. The van der Waals surface area contributed by atoms with Gasteiger partial charge in [0.05, 0.1) is 5.25 Å². The van der Waals surface area contributed by atoms with Gasteiger partial charge in [0.25, 0.3) is 0 Å². The summed E-state index contributed by atoms with van der Waals surface area (Å²) in [5.41, 5.74) is 6.70. The number of aldehydes is 1. The maximum absolute atomic E-state index is 10.7. The van der Waals surface area contributed by atoms with Crippen molar-refractivity contribution in [2.45, 2.75) is 25.0 Å². The molecule has 4 heteroatoms. The third-order valence-electron chi connectivity index (χ3n) is 2.12. The highest BCUT2D eigenvalue weighted by atomic mass is 32.2. The standard InChI is InChI=1S/C9H12N2OS/c1-6(11)8(4-12)9(13-5-10)7-2-3-7/h4,7,9H,2-3,11H2,1H3. The molecule has 1 fully saturated rings. The molecule has 2 N–H and O–H groups in total. The molecule has 0 saturated heterocycles. The van der Waals surface area contributed by atoms with Gasteiger partial charge in [-0.1, -0.05) is 0 Å². The molecule has 0 radical (unpaired) electrons. The average Bonchev–Trinajstić information content (AvgIpc) is 2.86. The number of thiocyanates is 1. The van der Waals surface area contributed by atoms with Gasteiger partial charge in [-0.15, -0.1) is 0 Å². The number of thioether (sulfide) groups is 1. The van der Waals surface area contributed by atoms with E-state index in [2.05, 4.69) is 0 Å². The minimum absolute atomic E-state index is 0.00694. The molecular weight excluding hydrogens is 184 g/mol. The van der Waals surface area contributed by atoms with E-state index in [1.54, 1.807) is 6.92 Å². The maximum Gasteiger partial charge on any atom is 0.148 e. The fourth-order valence-electron chi connectivity index (χ4n) is 1.25. The summed E-state index contributed by atoms with van der Waals surface area (Å²) < 4.78 is 0. The van der Waals surface area contributed by atoms with Crippen molar-refractivity contribution in [2.75, 3.05) is 0 Å². The first-order chi connectivity index (χ1) is 6.20. The van der Waals surface area contributed by atoms with Crippen molar-refractivity contribution < 1.29 is 4.79 Å². The fourth-order valence-corrected chi connectivity index (χ4v) is 2.20. The zero-order valence-corrected chi connectivity index (χ0v) is 8.30. The Morgan fingerprint density at radius 3 is 2.69 bits per heavy atom. The summed E-state index contributed by atoms with van der Waals surface area (Å²) in [4.78, 5) is 10.7. The number of nitriles is 1. The molecule has 1 aliphatic rings. The van der Waals surface area contributed by atoms with E-state index in [1.807, 2.05) is 5.40 Å². The summed E-state index contributed by atoms with van der Waals surface area (Å²) in [6, 6.07) is 0. The van der Waals surface area contributed by atoms with Gasteiger partial charge in [0.1, 0.15) is 11.7 Å². The van der Waals surface area contributed by atoms with E-state index in [4.69, 9.17) is 11.0 Å². The first-order valence-corrected chi connectivity index (χ1v) is 5.04. The first-order valence-electron chi connectivity index (χ1n) is 4.16. The summed E-state index contributed by atoms with van der Waals surface area (Å²) >= 11 is 1.14. The SMILES string of the molecule is CC(N)=C(C=O)C(SC#N)C1CC1. The van der Waals surface area contributed by atoms with Gasteiger partial charge in [0.15, 0.2) is 0 Å². The van der Waals surface area contributed by atoms with Gasteiger partial charge in [0.2, 0.25) is 0 Å². The molecule has 0 aromatic rings. The van der Waals surface area contributed by atoms with Crippen LogP contribution in [0.4, 0.5) is 0 Å². The van der Waals surface area contributed by atoms with Crippen LogP contribution in [0.2, 0.25) is 0 Å². The molecule has 0 aliphatic heterocycles. The molecule has 13 heavy (non-hydrogen) atoms. The van der Waals surface area contributed by atoms with Crippen molar-refractivity contribution in [1.82, 2.24) is 0 Å². The number of carbonyl (C=O) groups is 1. The largest absolute Gasteiger partial charge is 0.402 e. The first kappa shape index (κ1) is 10.1. The van der Waals surface area contributed by atoms with Crippen molar-refractivity contribution in [3.8, 4) is 5.40 Å². The van der Waals surface area contributed by atoms with E-state index in [0.717, 1.165) is 30.9 Å². The summed E-state index contributed by atoms with van der Waals surface area (Å²) in [7, 11) is 0. The Balaban J connectivity index is 2.79. The van der Waals surface area contributed by atoms with Crippen LogP contribution in [0.5, 0.6) is 0 Å². The Morgan fingerprint density at radius 1 is 1.77 bits per heavy atom. The van der Waals surface area contributed by atoms with Crippen LogP contribution in [0.1, 0.15) is 19.8 Å². The van der Waals surface area contributed by atoms with Crippen LogP contribution in [0.25, 0.3) is 0 Å². The van der Waals surface area contributed by atoms with Crippen LogP contribution in [-0.4, -0.2) is 11.5 Å². The molecule has 1 unspecified atom stereocenters. The normalized spacial score (nSPS) is 20.0. The lowest BCUT2D eigenvalue weighted by Gasteiger charge is -2.12. The third kappa shape index (κ3) is 2.49. The van der Waals surface area contributed by atoms with Gasteiger partial charge in [-0.2, -0.15) is 5.26 Å². The Labute approximate surface area is 82.0 Å². The number of nitrogens with zero attached hydrogens (tertiary/aromatic N) is 1. The van der Waals surface area contributed by atoms with Crippen LogP contribution < -0.4 is 5.73 Å². The van der Waals surface area contributed by atoms with E-state index in [9.17, 15) is 4.79 Å². The van der Waals surface area contributed by atoms with Crippen LogP contribution >= 0.6 is 11.8 Å². The van der Waals surface area contributed by atoms with Crippen molar-refractivity contribution in [2.24, 2.45) is 11.7 Å². The molecule has 0 spiro atoms. The molecule has 0 heterocycles. The van der Waals surface area contributed by atoms with E-state index in [1.165, 1.54) is 0 Å². The second-order valence-corrected chi connectivity index (χ2v) is 4.15. The van der Waals surface area contributed by atoms with Crippen LogP contribution in [-0.2, 0) is 4.79 Å². The lowest BCUT2D eigenvalue weighted by molar-refractivity contribution is -0.105. The van der Waals surface area contributed by atoms with Crippen molar-refractivity contribution in [3.05, 3.63) is 11.3 Å². The summed E-state index contributed by atoms with van der Waals surface area (Å²) in [6.45, 7) is 1.71. The lowest BCUT2D eigenvalue weighted by Crippen LogP contribution is -2.14. The minimum atomic E-state index is -0.00694. The monoisotopic (exact) mass is 196 g/mol. The Morgan fingerprint density at radius 2 is 2.38 bits per heavy atom. The molecule has 1 saturated carbocycles. The van der Waals surface area contributed by atoms with Crippen LogP contribution in [0.3, 0.4) is 0 Å². The molecule has 0 amide bonds. The number of hydrogen-bond acceptors (Lipinski definition) is 4.